The van der Waals surface area contributed by atoms with Gasteiger partial charge in [0.25, 0.3) is 0 Å². The Balaban J connectivity index is 1.57. The number of imidazole rings is 1. The number of hydrogen-bond acceptors (Lipinski definition) is 2. The number of para-hydroxylation sites is 2. The summed E-state index contributed by atoms with van der Waals surface area (Å²) in [6.07, 6.45) is 0.455. The summed E-state index contributed by atoms with van der Waals surface area (Å²) in [6.45, 7) is 10.1. The van der Waals surface area contributed by atoms with Crippen LogP contribution in [0.3, 0.4) is 0 Å². The van der Waals surface area contributed by atoms with Crippen molar-refractivity contribution < 1.29 is 4.79 Å². The second-order valence-corrected chi connectivity index (χ2v) is 9.60. The lowest BCUT2D eigenvalue weighted by Crippen LogP contribution is -2.24. The minimum atomic E-state index is 0.0343. The lowest BCUT2D eigenvalue weighted by molar-refractivity contribution is -0.117. The van der Waals surface area contributed by atoms with Crippen LogP contribution in [0, 0.1) is 27.7 Å². The van der Waals surface area contributed by atoms with Gasteiger partial charge in [0.05, 0.1) is 11.0 Å². The molecule has 0 unspecified atom stereocenters. The number of aryl methyl sites for hydroxylation is 2. The molecule has 0 aliphatic carbocycles. The zero-order chi connectivity index (χ0) is 23.3. The maximum Gasteiger partial charge on any atom is 0.227 e. The number of nitrogens with zero attached hydrogens (tertiary/aromatic N) is 3. The summed E-state index contributed by atoms with van der Waals surface area (Å²) >= 11 is 6.05. The van der Waals surface area contributed by atoms with Crippen LogP contribution in [0.15, 0.2) is 54.6 Å². The first-order chi connectivity index (χ1) is 15.8. The lowest BCUT2D eigenvalue weighted by Gasteiger charge is -2.20. The number of aromatic nitrogens is 2. The van der Waals surface area contributed by atoms with E-state index in [0.29, 0.717) is 18.0 Å². The van der Waals surface area contributed by atoms with Gasteiger partial charge in [0, 0.05) is 36.1 Å². The first kappa shape index (κ1) is 21.7. The summed E-state index contributed by atoms with van der Waals surface area (Å²) in [5.41, 5.74) is 9.59. The fraction of sp³-hybridized carbons (Fsp3) is 0.286. The zero-order valence-corrected chi connectivity index (χ0v) is 20.3. The number of amides is 1. The smallest absolute Gasteiger partial charge is 0.227 e. The highest BCUT2D eigenvalue weighted by molar-refractivity contribution is 6.30. The van der Waals surface area contributed by atoms with Crippen LogP contribution in [-0.4, -0.2) is 22.0 Å². The van der Waals surface area contributed by atoms with Crippen LogP contribution in [0.2, 0.25) is 5.02 Å². The van der Waals surface area contributed by atoms with Crippen LogP contribution in [0.5, 0.6) is 0 Å². The van der Waals surface area contributed by atoms with E-state index in [-0.39, 0.29) is 11.8 Å². The monoisotopic (exact) mass is 457 g/mol. The van der Waals surface area contributed by atoms with Crippen molar-refractivity contribution in [2.45, 2.75) is 46.6 Å². The Bertz CT molecular complexity index is 1340. The van der Waals surface area contributed by atoms with Gasteiger partial charge in [-0.25, -0.2) is 4.98 Å². The third kappa shape index (κ3) is 3.83. The van der Waals surface area contributed by atoms with Crippen LogP contribution in [0.1, 0.15) is 46.0 Å². The molecule has 0 radical (unpaired) electrons. The Morgan fingerprint density at radius 1 is 0.970 bits per heavy atom. The molecule has 2 heterocycles. The summed E-state index contributed by atoms with van der Waals surface area (Å²) in [5.74, 6) is 1.14. The van der Waals surface area contributed by atoms with Gasteiger partial charge in [0.2, 0.25) is 5.91 Å². The van der Waals surface area contributed by atoms with Gasteiger partial charge in [-0.05, 0) is 91.9 Å². The Hall–Kier alpha value is -3.11. The third-order valence-corrected chi connectivity index (χ3v) is 7.40. The molecule has 5 heteroatoms. The second-order valence-electron chi connectivity index (χ2n) is 9.17. The highest BCUT2D eigenvalue weighted by Gasteiger charge is 2.35. The van der Waals surface area contributed by atoms with Crippen LogP contribution in [-0.2, 0) is 11.3 Å². The predicted octanol–water partition coefficient (Wildman–Crippen LogP) is 6.49. The minimum absolute atomic E-state index is 0.0343. The number of carbonyl (C=O) groups is 1. The van der Waals surface area contributed by atoms with E-state index in [4.69, 9.17) is 16.6 Å². The molecule has 1 aliphatic heterocycles. The fourth-order valence-electron chi connectivity index (χ4n) is 5.02. The molecule has 3 aromatic carbocycles. The topological polar surface area (TPSA) is 38.1 Å². The lowest BCUT2D eigenvalue weighted by atomic mass is 9.94. The number of fused-ring (bicyclic) bond motifs is 1. The van der Waals surface area contributed by atoms with Crippen molar-refractivity contribution in [3.05, 3.63) is 93.3 Å². The Morgan fingerprint density at radius 2 is 1.64 bits per heavy atom. The maximum atomic E-state index is 13.0. The Kier molecular flexibility index (Phi) is 5.49. The number of carbonyl (C=O) groups excluding carboxylic acids is 1. The minimum Gasteiger partial charge on any atom is -0.323 e. The molecular formula is C28H28ClN3O. The van der Waals surface area contributed by atoms with Crippen molar-refractivity contribution in [2.24, 2.45) is 0 Å². The molecule has 4 aromatic rings. The number of hydrogen-bond donors (Lipinski definition) is 0. The van der Waals surface area contributed by atoms with E-state index in [1.54, 1.807) is 0 Å². The molecule has 0 bridgehead atoms. The van der Waals surface area contributed by atoms with Gasteiger partial charge in [-0.2, -0.15) is 0 Å². The van der Waals surface area contributed by atoms with Gasteiger partial charge < -0.3 is 9.47 Å². The summed E-state index contributed by atoms with van der Waals surface area (Å²) in [6, 6.07) is 18.0. The molecule has 168 valence electrons. The maximum absolute atomic E-state index is 13.0. The predicted molar refractivity (Wildman–Crippen MR) is 135 cm³/mol. The number of benzene rings is 3. The molecule has 0 spiro atoms. The highest BCUT2D eigenvalue weighted by Crippen LogP contribution is 2.35. The van der Waals surface area contributed by atoms with Crippen LogP contribution in [0.25, 0.3) is 11.0 Å². The molecule has 1 atom stereocenters. The van der Waals surface area contributed by atoms with Gasteiger partial charge in [-0.1, -0.05) is 29.8 Å². The molecule has 33 heavy (non-hydrogen) atoms. The van der Waals surface area contributed by atoms with E-state index in [2.05, 4.69) is 56.5 Å². The summed E-state index contributed by atoms with van der Waals surface area (Å²) in [5, 5.41) is 0.669. The Labute approximate surface area is 199 Å². The van der Waals surface area contributed by atoms with E-state index in [1.165, 1.54) is 27.8 Å². The molecule has 1 fully saturated rings. The SMILES string of the molecule is Cc1cc(C)c(C)c(Cn2c([C@@H]3CC(=O)N(c4ccc(Cl)cc4)C3)nc3ccccc32)c1C. The normalized spacial score (nSPS) is 16.2. The standard InChI is InChI=1S/C28H28ClN3O/c1-17-13-18(2)20(4)24(19(17)3)16-32-26-8-6-5-7-25(26)30-28(32)21-14-27(33)31(15-21)23-11-9-22(29)10-12-23/h5-13,21H,14-16H2,1-4H3/t21-/m1/s1. The van der Waals surface area contributed by atoms with E-state index in [9.17, 15) is 4.79 Å². The van der Waals surface area contributed by atoms with Gasteiger partial charge in [0.1, 0.15) is 5.82 Å². The van der Waals surface area contributed by atoms with Crippen molar-refractivity contribution in [3.8, 4) is 0 Å². The molecule has 1 amide bonds. The quantitative estimate of drug-likeness (QED) is 0.351. The first-order valence-electron chi connectivity index (χ1n) is 11.4. The van der Waals surface area contributed by atoms with E-state index >= 15 is 0 Å². The molecule has 1 aromatic heterocycles. The molecule has 0 saturated carbocycles. The van der Waals surface area contributed by atoms with Crippen molar-refractivity contribution in [3.63, 3.8) is 0 Å². The van der Waals surface area contributed by atoms with Crippen molar-refractivity contribution in [2.75, 3.05) is 11.4 Å². The van der Waals surface area contributed by atoms with Crippen LogP contribution < -0.4 is 4.90 Å². The number of halogens is 1. The molecular weight excluding hydrogens is 430 g/mol. The fourth-order valence-corrected chi connectivity index (χ4v) is 5.14. The first-order valence-corrected chi connectivity index (χ1v) is 11.8. The molecule has 1 aliphatic rings. The Morgan fingerprint density at radius 3 is 2.33 bits per heavy atom. The summed E-state index contributed by atoms with van der Waals surface area (Å²) in [4.78, 5) is 19.9. The van der Waals surface area contributed by atoms with E-state index in [1.807, 2.05) is 35.2 Å². The van der Waals surface area contributed by atoms with Crippen molar-refractivity contribution in [1.82, 2.24) is 9.55 Å². The van der Waals surface area contributed by atoms with Crippen LogP contribution >= 0.6 is 11.6 Å². The molecule has 1 saturated heterocycles. The van der Waals surface area contributed by atoms with Gasteiger partial charge in [-0.15, -0.1) is 0 Å². The largest absolute Gasteiger partial charge is 0.323 e. The van der Waals surface area contributed by atoms with Gasteiger partial charge in [-0.3, -0.25) is 4.79 Å². The second kappa shape index (κ2) is 8.35. The molecule has 0 N–H and O–H groups in total. The van der Waals surface area contributed by atoms with Crippen LogP contribution in [0.4, 0.5) is 5.69 Å². The highest BCUT2D eigenvalue weighted by atomic mass is 35.5. The average Bonchev–Trinajstić information content (AvgIpc) is 3.36. The van der Waals surface area contributed by atoms with Gasteiger partial charge >= 0.3 is 0 Å². The summed E-state index contributed by atoms with van der Waals surface area (Å²) < 4.78 is 2.33. The van der Waals surface area contributed by atoms with E-state index in [0.717, 1.165) is 29.1 Å². The van der Waals surface area contributed by atoms with E-state index < -0.39 is 0 Å². The van der Waals surface area contributed by atoms with Crippen molar-refractivity contribution in [1.29, 1.82) is 0 Å². The molecule has 4 nitrogen and oxygen atoms in total. The zero-order valence-electron chi connectivity index (χ0n) is 19.5. The van der Waals surface area contributed by atoms with Crippen molar-refractivity contribution >= 4 is 34.2 Å². The van der Waals surface area contributed by atoms with Gasteiger partial charge in [0.15, 0.2) is 0 Å². The average molecular weight is 458 g/mol. The number of anilines is 1. The summed E-state index contributed by atoms with van der Waals surface area (Å²) in [7, 11) is 0. The number of rotatable bonds is 4. The third-order valence-electron chi connectivity index (χ3n) is 7.15. The molecule has 5 rings (SSSR count).